The molecule has 210 valence electrons. The van der Waals surface area contributed by atoms with Crippen LogP contribution in [0.4, 0.5) is 8.78 Å². The molecule has 0 N–H and O–H groups in total. The van der Waals surface area contributed by atoms with E-state index in [2.05, 4.69) is 22.1 Å². The van der Waals surface area contributed by atoms with Gasteiger partial charge in [-0.25, -0.2) is 0 Å². The first-order valence-corrected chi connectivity index (χ1v) is 12.7. The van der Waals surface area contributed by atoms with Gasteiger partial charge in [0.05, 0.1) is 0 Å². The first kappa shape index (κ1) is 31.9. The van der Waals surface area contributed by atoms with Gasteiger partial charge in [0.25, 0.3) is 0 Å². The molecule has 4 aromatic carbocycles. The summed E-state index contributed by atoms with van der Waals surface area (Å²) in [5.74, 6) is -0.942. The third-order valence-corrected chi connectivity index (χ3v) is 5.81. The van der Waals surface area contributed by atoms with Crippen molar-refractivity contribution in [2.24, 2.45) is 0 Å². The standard InChI is InChI=1S/2C15H9FN.C5H8O2.Ir/c2*16-13-7-5-12(6-8-13)15-14-4-2-1-3-11(14)9-10-17-15;1-4(6)3-5(2)7;/h2*1-5,7-10H;3,6H,1-2H3;/q2*-1;;+3/p-1/b;;4-3-;. The van der Waals surface area contributed by atoms with Gasteiger partial charge in [-0.1, -0.05) is 55.5 Å². The van der Waals surface area contributed by atoms with Gasteiger partial charge in [0, 0.05) is 24.0 Å². The van der Waals surface area contributed by atoms with Gasteiger partial charge in [0.15, 0.2) is 5.78 Å². The predicted molar refractivity (Wildman–Crippen MR) is 156 cm³/mol. The fourth-order valence-corrected chi connectivity index (χ4v) is 4.06. The van der Waals surface area contributed by atoms with Crippen LogP contribution >= 0.6 is 0 Å². The van der Waals surface area contributed by atoms with Gasteiger partial charge in [-0.3, -0.25) is 13.6 Å². The van der Waals surface area contributed by atoms with Crippen LogP contribution in [0, 0.1) is 23.8 Å². The number of halogens is 2. The molecule has 42 heavy (non-hydrogen) atoms. The van der Waals surface area contributed by atoms with Crippen LogP contribution in [0.1, 0.15) is 13.8 Å². The third-order valence-electron chi connectivity index (χ3n) is 5.81. The summed E-state index contributed by atoms with van der Waals surface area (Å²) in [6, 6.07) is 34.6. The van der Waals surface area contributed by atoms with E-state index in [1.807, 2.05) is 60.7 Å². The molecular weight excluding hydrogens is 711 g/mol. The molecule has 0 saturated heterocycles. The maximum absolute atomic E-state index is 12.9. The molecule has 0 aliphatic carbocycles. The largest absolute Gasteiger partial charge is 3.00 e. The molecule has 6 aromatic rings. The summed E-state index contributed by atoms with van der Waals surface area (Å²) < 4.78 is 25.7. The summed E-state index contributed by atoms with van der Waals surface area (Å²) in [7, 11) is 0. The minimum absolute atomic E-state index is 0. The summed E-state index contributed by atoms with van der Waals surface area (Å²) >= 11 is 0. The van der Waals surface area contributed by atoms with Crippen molar-refractivity contribution in [3.8, 4) is 22.5 Å². The second-order valence-corrected chi connectivity index (χ2v) is 8.97. The molecule has 7 heteroatoms. The number of rotatable bonds is 3. The Balaban J connectivity index is 0.000000186. The van der Waals surface area contributed by atoms with E-state index in [0.717, 1.165) is 50.1 Å². The van der Waals surface area contributed by atoms with E-state index in [4.69, 9.17) is 0 Å². The van der Waals surface area contributed by atoms with Crippen molar-refractivity contribution in [3.63, 3.8) is 0 Å². The minimum atomic E-state index is -0.283. The number of pyridine rings is 2. The number of nitrogens with zero attached hydrogens (tertiary/aromatic N) is 2. The van der Waals surface area contributed by atoms with E-state index < -0.39 is 0 Å². The zero-order valence-electron chi connectivity index (χ0n) is 22.8. The van der Waals surface area contributed by atoms with E-state index in [-0.39, 0.29) is 43.3 Å². The van der Waals surface area contributed by atoms with Crippen LogP contribution < -0.4 is 5.11 Å². The average molecular weight is 736 g/mol. The number of hydrogen-bond donors (Lipinski definition) is 0. The zero-order valence-corrected chi connectivity index (χ0v) is 25.2. The van der Waals surface area contributed by atoms with Crippen molar-refractivity contribution in [2.75, 3.05) is 0 Å². The minimum Gasteiger partial charge on any atom is -0.876 e. The van der Waals surface area contributed by atoms with E-state index in [9.17, 15) is 18.7 Å². The first-order chi connectivity index (χ1) is 19.8. The molecule has 0 fully saturated rings. The van der Waals surface area contributed by atoms with Gasteiger partial charge < -0.3 is 15.1 Å². The maximum Gasteiger partial charge on any atom is 3.00 e. The van der Waals surface area contributed by atoms with Crippen LogP contribution in [0.5, 0.6) is 0 Å². The number of carbonyl (C=O) groups is 1. The molecule has 0 unspecified atom stereocenters. The fourth-order valence-electron chi connectivity index (χ4n) is 4.06. The summed E-state index contributed by atoms with van der Waals surface area (Å²) in [6.07, 6.45) is 4.57. The van der Waals surface area contributed by atoms with Crippen LogP contribution in [0.3, 0.4) is 0 Å². The van der Waals surface area contributed by atoms with Crippen molar-refractivity contribution in [1.82, 2.24) is 9.97 Å². The van der Waals surface area contributed by atoms with Crippen molar-refractivity contribution in [2.45, 2.75) is 13.8 Å². The quantitative estimate of drug-likeness (QED) is 0.107. The molecule has 0 aliphatic rings. The van der Waals surface area contributed by atoms with Gasteiger partial charge in [-0.2, -0.15) is 0 Å². The summed E-state index contributed by atoms with van der Waals surface area (Å²) in [6.45, 7) is 2.70. The van der Waals surface area contributed by atoms with E-state index in [1.165, 1.54) is 38.1 Å². The number of aromatic nitrogens is 2. The van der Waals surface area contributed by atoms with Crippen LogP contribution in [0.25, 0.3) is 44.1 Å². The molecular formula is C35H25F2IrN2O2. The van der Waals surface area contributed by atoms with Gasteiger partial charge in [0.1, 0.15) is 0 Å². The molecule has 2 heterocycles. The van der Waals surface area contributed by atoms with Crippen molar-refractivity contribution in [3.05, 3.63) is 145 Å². The van der Waals surface area contributed by atoms with E-state index in [1.54, 1.807) is 24.5 Å². The van der Waals surface area contributed by atoms with Gasteiger partial charge in [-0.15, -0.1) is 65.4 Å². The number of hydrogen-bond acceptors (Lipinski definition) is 4. The van der Waals surface area contributed by atoms with E-state index >= 15 is 0 Å². The number of ketones is 1. The second kappa shape index (κ2) is 15.4. The molecule has 0 radical (unpaired) electrons. The number of allylic oxidation sites excluding steroid dienone is 2. The van der Waals surface area contributed by atoms with Crippen molar-refractivity contribution < 1.29 is 38.8 Å². The molecule has 0 atom stereocenters. The van der Waals surface area contributed by atoms with Crippen LogP contribution in [0.2, 0.25) is 0 Å². The molecule has 0 spiro atoms. The Morgan fingerprint density at radius 2 is 1.12 bits per heavy atom. The van der Waals surface area contributed by atoms with Gasteiger partial charge in [0.2, 0.25) is 0 Å². The molecule has 0 amide bonds. The normalized spacial score (nSPS) is 10.5. The zero-order chi connectivity index (χ0) is 29.2. The monoisotopic (exact) mass is 736 g/mol. The maximum atomic E-state index is 12.9. The topological polar surface area (TPSA) is 65.9 Å². The van der Waals surface area contributed by atoms with Crippen molar-refractivity contribution in [1.29, 1.82) is 0 Å². The average Bonchev–Trinajstić information content (AvgIpc) is 2.97. The molecule has 2 aromatic heterocycles. The number of carbonyl (C=O) groups excluding carboxylic acids is 1. The summed E-state index contributed by atoms with van der Waals surface area (Å²) in [5.41, 5.74) is 3.29. The first-order valence-electron chi connectivity index (χ1n) is 12.7. The molecule has 4 nitrogen and oxygen atoms in total. The molecule has 0 bridgehead atoms. The molecule has 6 rings (SSSR count). The Morgan fingerprint density at radius 1 is 0.690 bits per heavy atom. The number of benzene rings is 4. The summed E-state index contributed by atoms with van der Waals surface area (Å²) in [5, 5.41) is 14.3. The van der Waals surface area contributed by atoms with Crippen molar-refractivity contribution >= 4 is 27.3 Å². The second-order valence-electron chi connectivity index (χ2n) is 8.97. The Kier molecular flexibility index (Phi) is 11.7. The predicted octanol–water partition coefficient (Wildman–Crippen LogP) is 7.52. The van der Waals surface area contributed by atoms with Crippen LogP contribution in [-0.2, 0) is 24.9 Å². The fraction of sp³-hybridized carbons (Fsp3) is 0.0571. The Bertz CT molecular complexity index is 1670. The molecule has 0 aliphatic heterocycles. The SMILES string of the molecule is CC(=O)/C=C(/C)[O-].Fc1c[c-]c(-c2nccc3ccccc23)cc1.Fc1c[c-]c(-c2nccc3ccccc23)cc1.[Ir+3]. The smallest absolute Gasteiger partial charge is 0.876 e. The van der Waals surface area contributed by atoms with E-state index in [0.29, 0.717) is 0 Å². The third kappa shape index (κ3) is 8.71. The van der Waals surface area contributed by atoms with Crippen LogP contribution in [-0.4, -0.2) is 15.8 Å². The van der Waals surface area contributed by atoms with Gasteiger partial charge >= 0.3 is 20.1 Å². The van der Waals surface area contributed by atoms with Gasteiger partial charge in [-0.05, 0) is 58.1 Å². The Hall–Kier alpha value is -4.58. The number of fused-ring (bicyclic) bond motifs is 2. The summed E-state index contributed by atoms with van der Waals surface area (Å²) in [4.78, 5) is 18.7. The van der Waals surface area contributed by atoms with Crippen LogP contribution in [0.15, 0.2) is 121 Å². The molecule has 0 saturated carbocycles. The Labute approximate surface area is 256 Å². The Morgan fingerprint density at radius 3 is 1.45 bits per heavy atom.